The average molecular weight is 578 g/mol. The van der Waals surface area contributed by atoms with E-state index in [2.05, 4.69) is 92.7 Å². The zero-order valence-electron chi connectivity index (χ0n) is 25.3. The van der Waals surface area contributed by atoms with Gasteiger partial charge >= 0.3 is 0 Å². The van der Waals surface area contributed by atoms with E-state index in [9.17, 15) is 0 Å². The van der Waals surface area contributed by atoms with Crippen molar-refractivity contribution in [2.45, 2.75) is 20.3 Å². The number of aromatic nitrogens is 3. The minimum Gasteiger partial charge on any atom is -0.208 e. The first-order valence-corrected chi connectivity index (χ1v) is 15.5. The van der Waals surface area contributed by atoms with Crippen molar-refractivity contribution in [1.82, 2.24) is 15.0 Å². The Morgan fingerprint density at radius 3 is 1.36 bits per heavy atom. The molecule has 0 N–H and O–H groups in total. The summed E-state index contributed by atoms with van der Waals surface area (Å²) in [4.78, 5) is 14.8. The van der Waals surface area contributed by atoms with E-state index < -0.39 is 0 Å². The van der Waals surface area contributed by atoms with Gasteiger partial charge in [0.1, 0.15) is 0 Å². The first kappa shape index (κ1) is 26.9. The normalized spacial score (nSPS) is 11.4. The Morgan fingerprint density at radius 2 is 0.844 bits per heavy atom. The molecular weight excluding hydrogens is 546 g/mol. The van der Waals surface area contributed by atoms with Gasteiger partial charge in [-0.3, -0.25) is 0 Å². The largest absolute Gasteiger partial charge is 0.208 e. The number of benzene rings is 7. The number of fused-ring (bicyclic) bond motifs is 6. The molecule has 0 fully saturated rings. The molecule has 8 rings (SSSR count). The lowest BCUT2D eigenvalue weighted by Gasteiger charge is -2.17. The Hall–Kier alpha value is -5.67. The van der Waals surface area contributed by atoms with Crippen LogP contribution in [0.5, 0.6) is 0 Å². The van der Waals surface area contributed by atoms with Crippen LogP contribution in [-0.4, -0.2) is 15.0 Å². The zero-order valence-corrected chi connectivity index (χ0v) is 25.3. The Bertz CT molecular complexity index is 2300. The number of hydrogen-bond acceptors (Lipinski definition) is 3. The maximum atomic E-state index is 4.98. The van der Waals surface area contributed by atoms with Crippen molar-refractivity contribution in [3.05, 3.63) is 151 Å². The minimum absolute atomic E-state index is 0.672. The van der Waals surface area contributed by atoms with Gasteiger partial charge in [0, 0.05) is 16.7 Å². The van der Waals surface area contributed by atoms with Crippen molar-refractivity contribution in [2.75, 3.05) is 0 Å². The topological polar surface area (TPSA) is 38.7 Å². The molecule has 3 nitrogen and oxygen atoms in total. The summed E-state index contributed by atoms with van der Waals surface area (Å²) in [7, 11) is 0. The third kappa shape index (κ3) is 4.74. The highest BCUT2D eigenvalue weighted by molar-refractivity contribution is 6.26. The zero-order chi connectivity index (χ0) is 30.3. The summed E-state index contributed by atoms with van der Waals surface area (Å²) in [6, 6.07) is 49.2. The van der Waals surface area contributed by atoms with Gasteiger partial charge in [0.05, 0.1) is 0 Å². The lowest BCUT2D eigenvalue weighted by Crippen LogP contribution is -2.01. The fourth-order valence-electron chi connectivity index (χ4n) is 6.58. The summed E-state index contributed by atoms with van der Waals surface area (Å²) in [5, 5.41) is 7.76. The lowest BCUT2D eigenvalue weighted by molar-refractivity contribution is 1.07. The van der Waals surface area contributed by atoms with Gasteiger partial charge in [-0.05, 0) is 80.0 Å². The summed E-state index contributed by atoms with van der Waals surface area (Å²) < 4.78 is 0. The molecule has 0 saturated carbocycles. The third-order valence-corrected chi connectivity index (χ3v) is 8.82. The summed E-state index contributed by atoms with van der Waals surface area (Å²) in [5.74, 6) is 2.02. The van der Waals surface area contributed by atoms with E-state index in [4.69, 9.17) is 15.0 Å². The SMILES string of the molecule is CCc1cc(-c2nc(-c3ccccc3)nc(-c3ccccc3)n2)ccc1-c1cc2c3ccccc3c3ccccc3c2cc1C. The van der Waals surface area contributed by atoms with Gasteiger partial charge in [-0.15, -0.1) is 0 Å². The van der Waals surface area contributed by atoms with Gasteiger partial charge in [0.2, 0.25) is 0 Å². The molecule has 0 spiro atoms. The van der Waals surface area contributed by atoms with Gasteiger partial charge < -0.3 is 0 Å². The molecule has 214 valence electrons. The van der Waals surface area contributed by atoms with E-state index in [0.29, 0.717) is 17.5 Å². The van der Waals surface area contributed by atoms with E-state index in [1.807, 2.05) is 60.7 Å². The molecule has 8 aromatic rings. The highest BCUT2D eigenvalue weighted by Gasteiger charge is 2.16. The molecule has 0 unspecified atom stereocenters. The molecule has 0 atom stereocenters. The van der Waals surface area contributed by atoms with Crippen LogP contribution in [0.25, 0.3) is 77.6 Å². The molecule has 45 heavy (non-hydrogen) atoms. The first-order chi connectivity index (χ1) is 22.2. The Labute approximate surface area is 262 Å². The van der Waals surface area contributed by atoms with E-state index in [1.54, 1.807) is 0 Å². The lowest BCUT2D eigenvalue weighted by atomic mass is 9.88. The first-order valence-electron chi connectivity index (χ1n) is 15.5. The fraction of sp³-hybridized carbons (Fsp3) is 0.0714. The van der Waals surface area contributed by atoms with Crippen LogP contribution < -0.4 is 0 Å². The van der Waals surface area contributed by atoms with Crippen LogP contribution in [0.1, 0.15) is 18.1 Å². The van der Waals surface area contributed by atoms with Gasteiger partial charge in [-0.2, -0.15) is 0 Å². The molecule has 1 heterocycles. The second-order valence-corrected chi connectivity index (χ2v) is 11.6. The quantitative estimate of drug-likeness (QED) is 0.191. The van der Waals surface area contributed by atoms with Gasteiger partial charge in [0.25, 0.3) is 0 Å². The Morgan fingerprint density at radius 1 is 0.400 bits per heavy atom. The van der Waals surface area contributed by atoms with Crippen molar-refractivity contribution in [3.63, 3.8) is 0 Å². The van der Waals surface area contributed by atoms with Gasteiger partial charge in [-0.25, -0.2) is 15.0 Å². The van der Waals surface area contributed by atoms with E-state index in [0.717, 1.165) is 23.1 Å². The van der Waals surface area contributed by atoms with Crippen LogP contribution in [0, 0.1) is 6.92 Å². The highest BCUT2D eigenvalue weighted by atomic mass is 15.0. The van der Waals surface area contributed by atoms with Crippen LogP contribution in [0.15, 0.2) is 140 Å². The second-order valence-electron chi connectivity index (χ2n) is 11.6. The van der Waals surface area contributed by atoms with Crippen LogP contribution in [-0.2, 0) is 6.42 Å². The van der Waals surface area contributed by atoms with E-state index >= 15 is 0 Å². The van der Waals surface area contributed by atoms with Crippen LogP contribution >= 0.6 is 0 Å². The smallest absolute Gasteiger partial charge is 0.164 e. The minimum atomic E-state index is 0.672. The average Bonchev–Trinajstić information content (AvgIpc) is 3.12. The standard InChI is InChI=1S/C42H31N3/c1-3-28-25-31(42-44-40(29-14-6-4-7-15-29)43-41(45-42)30-16-8-5-9-17-30)22-23-32(28)37-26-39-36-21-13-11-19-34(36)33-18-10-12-20-35(33)38(39)24-27(37)2/h4-26H,3H2,1-2H3. The molecule has 0 aliphatic heterocycles. The summed E-state index contributed by atoms with van der Waals surface area (Å²) in [6.07, 6.45) is 0.890. The number of hydrogen-bond donors (Lipinski definition) is 0. The Balaban J connectivity index is 1.30. The maximum absolute atomic E-state index is 4.98. The van der Waals surface area contributed by atoms with Gasteiger partial charge in [-0.1, -0.05) is 134 Å². The fourth-order valence-corrected chi connectivity index (χ4v) is 6.58. The van der Waals surface area contributed by atoms with Crippen molar-refractivity contribution >= 4 is 32.3 Å². The van der Waals surface area contributed by atoms with Crippen molar-refractivity contribution in [1.29, 1.82) is 0 Å². The highest BCUT2D eigenvalue weighted by Crippen LogP contribution is 2.40. The molecule has 0 bridgehead atoms. The van der Waals surface area contributed by atoms with Gasteiger partial charge in [0.15, 0.2) is 17.5 Å². The second kappa shape index (κ2) is 11.1. The number of nitrogens with zero attached hydrogens (tertiary/aromatic N) is 3. The number of rotatable bonds is 5. The monoisotopic (exact) mass is 577 g/mol. The van der Waals surface area contributed by atoms with E-state index in [1.165, 1.54) is 54.6 Å². The van der Waals surface area contributed by atoms with Crippen molar-refractivity contribution in [2.24, 2.45) is 0 Å². The predicted octanol–water partition coefficient (Wildman–Crippen LogP) is 10.9. The van der Waals surface area contributed by atoms with Crippen LogP contribution in [0.2, 0.25) is 0 Å². The summed E-state index contributed by atoms with van der Waals surface area (Å²) in [5.41, 5.74) is 7.97. The molecule has 0 radical (unpaired) electrons. The maximum Gasteiger partial charge on any atom is 0.164 e. The predicted molar refractivity (Wildman–Crippen MR) is 188 cm³/mol. The molecule has 3 heteroatoms. The molecule has 0 aliphatic carbocycles. The van der Waals surface area contributed by atoms with Crippen molar-refractivity contribution in [3.8, 4) is 45.3 Å². The third-order valence-electron chi connectivity index (χ3n) is 8.82. The molecule has 7 aromatic carbocycles. The van der Waals surface area contributed by atoms with Crippen LogP contribution in [0.4, 0.5) is 0 Å². The van der Waals surface area contributed by atoms with Crippen molar-refractivity contribution < 1.29 is 0 Å². The molecular formula is C42H31N3. The number of aryl methyl sites for hydroxylation is 2. The summed E-state index contributed by atoms with van der Waals surface area (Å²) in [6.45, 7) is 4.45. The Kier molecular flexibility index (Phi) is 6.65. The van der Waals surface area contributed by atoms with Crippen LogP contribution in [0.3, 0.4) is 0 Å². The summed E-state index contributed by atoms with van der Waals surface area (Å²) >= 11 is 0. The molecule has 0 aliphatic rings. The van der Waals surface area contributed by atoms with E-state index in [-0.39, 0.29) is 0 Å². The molecule has 1 aromatic heterocycles. The molecule has 0 amide bonds. The molecule has 0 saturated heterocycles.